The summed E-state index contributed by atoms with van der Waals surface area (Å²) in [6.45, 7) is 0. The summed E-state index contributed by atoms with van der Waals surface area (Å²) in [5.74, 6) is 0.827. The highest BCUT2D eigenvalue weighted by molar-refractivity contribution is 6.20. The van der Waals surface area contributed by atoms with Crippen molar-refractivity contribution in [3.05, 3.63) is 217 Å². The van der Waals surface area contributed by atoms with E-state index in [1.54, 1.807) is 73.1 Å². The van der Waals surface area contributed by atoms with Gasteiger partial charge in [-0.1, -0.05) is 54.6 Å². The van der Waals surface area contributed by atoms with E-state index in [-0.39, 0.29) is 56.1 Å². The number of rotatable bonds is 10. The topological polar surface area (TPSA) is 291 Å². The molecule has 9 aromatic carbocycles. The maximum Gasteiger partial charge on any atom is 0.271 e. The average Bonchev–Trinajstić information content (AvgIpc) is 1.85. The SMILES string of the molecule is O=c1c2cc(N=Nc3ccc(-c4nc(-c5cnc(-c6ccc(N=Nc7cc8c(=O)n9c%10ccc([N+](=O)[O-])cc%10nc9c9cccc(c7O)c89)cc6)n5-c5ccccc5)c[nH]4)cc3)c(O)c3cccc(c32)c2nc3cc([N+](=O)[O-])ccc3n12. The Hall–Kier alpha value is -12.2. The van der Waals surface area contributed by atoms with E-state index in [2.05, 4.69) is 35.4 Å². The van der Waals surface area contributed by atoms with Crippen LogP contribution in [-0.4, -0.2) is 58.3 Å². The summed E-state index contributed by atoms with van der Waals surface area (Å²) in [5, 5.41) is 67.1. The predicted molar refractivity (Wildman–Crippen MR) is 307 cm³/mol. The first-order valence-electron chi connectivity index (χ1n) is 25.2. The van der Waals surface area contributed by atoms with Crippen LogP contribution in [0.4, 0.5) is 34.1 Å². The molecule has 6 aromatic heterocycles. The van der Waals surface area contributed by atoms with Crippen LogP contribution in [0.5, 0.6) is 11.5 Å². The third kappa shape index (κ3) is 7.14. The molecule has 0 bridgehead atoms. The van der Waals surface area contributed by atoms with Crippen LogP contribution in [0.1, 0.15) is 0 Å². The number of imidazole rings is 4. The van der Waals surface area contributed by atoms with Gasteiger partial charge in [0.25, 0.3) is 22.5 Å². The molecular formula is C60H32N14O8. The fourth-order valence-electron chi connectivity index (χ4n) is 10.9. The van der Waals surface area contributed by atoms with Crippen molar-refractivity contribution < 1.29 is 20.1 Å². The monoisotopic (exact) mass is 1080 g/mol. The summed E-state index contributed by atoms with van der Waals surface area (Å²) in [5.41, 5.74) is 5.55. The zero-order valence-corrected chi connectivity index (χ0v) is 41.9. The lowest BCUT2D eigenvalue weighted by molar-refractivity contribution is -0.384. The first kappa shape index (κ1) is 47.0. The smallest absolute Gasteiger partial charge is 0.271 e. The van der Waals surface area contributed by atoms with E-state index in [0.29, 0.717) is 89.1 Å². The summed E-state index contributed by atoms with van der Waals surface area (Å²) >= 11 is 0. The standard InChI is InChI=1S/C60H32N14O8/c75-53-37-8-4-10-39-51(37)41(59(77)71-48-22-20-35(73(79)80)24-43(48)64-57(39)71)26-45(53)68-66-32-16-12-30(13-17-32)55-61-28-47(63-55)50-29-62-56(70(50)34-6-2-1-3-7-34)31-14-18-33(19-15-31)67-69-46-27-42-52-38(54(46)76)9-5-11-40(52)58-65-44-25-36(74(81)82)21-23-49(44)72(58)60(42)78/h1-29,75-76H,(H,61,63). The van der Waals surface area contributed by atoms with E-state index < -0.39 is 21.0 Å². The lowest BCUT2D eigenvalue weighted by atomic mass is 10.0. The molecule has 82 heavy (non-hydrogen) atoms. The number of aromatic hydroxyl groups is 2. The molecule has 0 saturated heterocycles. The third-order valence-corrected chi connectivity index (χ3v) is 14.7. The fraction of sp³-hybridized carbons (Fsp3) is 0. The highest BCUT2D eigenvalue weighted by Crippen LogP contribution is 2.44. The minimum absolute atomic E-state index is 0.0664. The number of azo groups is 2. The number of hydrogen-bond acceptors (Lipinski definition) is 16. The summed E-state index contributed by atoms with van der Waals surface area (Å²) in [6.07, 6.45) is 3.54. The van der Waals surface area contributed by atoms with Gasteiger partial charge in [0, 0.05) is 79.6 Å². The van der Waals surface area contributed by atoms with Crippen molar-refractivity contribution in [1.29, 1.82) is 0 Å². The Balaban J connectivity index is 0.709. The van der Waals surface area contributed by atoms with Crippen LogP contribution in [0.15, 0.2) is 206 Å². The van der Waals surface area contributed by atoms with Crippen molar-refractivity contribution in [1.82, 2.24) is 38.3 Å². The Morgan fingerprint density at radius 3 is 1.52 bits per heavy atom. The van der Waals surface area contributed by atoms with Crippen molar-refractivity contribution in [2.45, 2.75) is 0 Å². The summed E-state index contributed by atoms with van der Waals surface area (Å²) in [7, 11) is 0. The van der Waals surface area contributed by atoms with Gasteiger partial charge in [0.05, 0.1) is 66.0 Å². The molecule has 0 aliphatic rings. The Morgan fingerprint density at radius 2 is 1.01 bits per heavy atom. The highest BCUT2D eigenvalue weighted by atomic mass is 16.6. The van der Waals surface area contributed by atoms with Crippen molar-refractivity contribution >= 4 is 111 Å². The largest absolute Gasteiger partial charge is 0.505 e. The molecule has 22 heteroatoms. The van der Waals surface area contributed by atoms with Gasteiger partial charge in [-0.25, -0.2) is 19.9 Å². The first-order valence-corrected chi connectivity index (χ1v) is 25.2. The lowest BCUT2D eigenvalue weighted by Crippen LogP contribution is -2.13. The number of benzene rings is 9. The second kappa shape index (κ2) is 17.7. The zero-order chi connectivity index (χ0) is 55.7. The van der Waals surface area contributed by atoms with Crippen LogP contribution in [0.2, 0.25) is 0 Å². The molecule has 0 aliphatic carbocycles. The average molecular weight is 1080 g/mol. The van der Waals surface area contributed by atoms with Gasteiger partial charge in [-0.15, -0.1) is 10.2 Å². The molecule has 15 rings (SSSR count). The normalized spacial score (nSPS) is 12.2. The molecule has 22 nitrogen and oxygen atoms in total. The summed E-state index contributed by atoms with van der Waals surface area (Å²) in [4.78, 5) is 72.6. The molecule has 0 fully saturated rings. The maximum atomic E-state index is 14.2. The molecule has 0 saturated carbocycles. The van der Waals surface area contributed by atoms with E-state index >= 15 is 0 Å². The number of nitro benzene ring substituents is 2. The highest BCUT2D eigenvalue weighted by Gasteiger charge is 2.24. The number of nitrogens with zero attached hydrogens (tertiary/aromatic N) is 13. The zero-order valence-electron chi connectivity index (χ0n) is 41.9. The van der Waals surface area contributed by atoms with E-state index in [1.165, 1.54) is 57.3 Å². The Labute approximate surface area is 456 Å². The van der Waals surface area contributed by atoms with Gasteiger partial charge in [-0.3, -0.25) is 43.2 Å². The number of fused-ring (bicyclic) bond motifs is 8. The van der Waals surface area contributed by atoms with Crippen LogP contribution in [0.25, 0.3) is 116 Å². The number of phenols is 2. The van der Waals surface area contributed by atoms with Gasteiger partial charge in [0.15, 0.2) is 11.5 Å². The van der Waals surface area contributed by atoms with E-state index in [9.17, 15) is 40.0 Å². The number of aromatic amines is 1. The fourth-order valence-corrected chi connectivity index (χ4v) is 10.9. The van der Waals surface area contributed by atoms with Crippen LogP contribution in [0.3, 0.4) is 0 Å². The minimum Gasteiger partial charge on any atom is -0.505 e. The van der Waals surface area contributed by atoms with Gasteiger partial charge in [0.1, 0.15) is 40.0 Å². The molecule has 3 N–H and O–H groups in total. The maximum absolute atomic E-state index is 14.2. The molecule has 0 unspecified atom stereocenters. The second-order valence-electron chi connectivity index (χ2n) is 19.3. The van der Waals surface area contributed by atoms with Crippen LogP contribution in [0, 0.1) is 20.2 Å². The number of hydrogen-bond donors (Lipinski definition) is 3. The minimum atomic E-state index is -0.518. The van der Waals surface area contributed by atoms with Crippen molar-refractivity contribution in [3.8, 4) is 51.3 Å². The van der Waals surface area contributed by atoms with Gasteiger partial charge >= 0.3 is 0 Å². The van der Waals surface area contributed by atoms with E-state index in [0.717, 1.165) is 16.8 Å². The van der Waals surface area contributed by atoms with Gasteiger partial charge in [-0.05, 0) is 84.9 Å². The van der Waals surface area contributed by atoms with Crippen molar-refractivity contribution in [2.24, 2.45) is 20.5 Å². The molecule has 0 spiro atoms. The summed E-state index contributed by atoms with van der Waals surface area (Å²) in [6, 6.07) is 45.8. The van der Waals surface area contributed by atoms with Crippen molar-refractivity contribution in [2.75, 3.05) is 0 Å². The van der Waals surface area contributed by atoms with Crippen LogP contribution < -0.4 is 11.1 Å². The molecule has 0 radical (unpaired) electrons. The van der Waals surface area contributed by atoms with Crippen molar-refractivity contribution in [3.63, 3.8) is 0 Å². The van der Waals surface area contributed by atoms with Crippen LogP contribution in [-0.2, 0) is 0 Å². The quantitative estimate of drug-likeness (QED) is 0.0654. The molecular weight excluding hydrogens is 1040 g/mol. The van der Waals surface area contributed by atoms with Gasteiger partial charge in [-0.2, -0.15) is 10.2 Å². The number of aromatic nitrogens is 8. The molecule has 15 aromatic rings. The van der Waals surface area contributed by atoms with Crippen LogP contribution >= 0.6 is 0 Å². The van der Waals surface area contributed by atoms with Gasteiger partial charge < -0.3 is 15.2 Å². The number of phenolic OH excluding ortho intramolecular Hbond substituents is 2. The number of non-ortho nitro benzene ring substituents is 2. The summed E-state index contributed by atoms with van der Waals surface area (Å²) < 4.78 is 4.83. The Morgan fingerprint density at radius 1 is 0.512 bits per heavy atom. The van der Waals surface area contributed by atoms with Gasteiger partial charge in [0.2, 0.25) is 0 Å². The molecule has 6 heterocycles. The number of nitro groups is 2. The van der Waals surface area contributed by atoms with E-state index in [4.69, 9.17) is 9.97 Å². The Kier molecular flexibility index (Phi) is 10.1. The number of H-pyrrole nitrogens is 1. The third-order valence-electron chi connectivity index (χ3n) is 14.7. The molecule has 390 valence electrons. The number of pyridine rings is 2. The predicted octanol–water partition coefficient (Wildman–Crippen LogP) is 13.5. The molecule has 0 atom stereocenters. The number of nitrogens with one attached hydrogen (secondary N) is 1. The lowest BCUT2D eigenvalue weighted by Gasteiger charge is -2.11. The Bertz CT molecular complexity index is 5420. The molecule has 0 amide bonds. The second-order valence-corrected chi connectivity index (χ2v) is 19.3. The number of para-hydroxylation sites is 1. The first-order chi connectivity index (χ1) is 39.9. The molecule has 0 aliphatic heterocycles. The van der Waals surface area contributed by atoms with E-state index in [1.807, 2.05) is 59.2 Å².